The van der Waals surface area contributed by atoms with Gasteiger partial charge in [0.15, 0.2) is 0 Å². The zero-order valence-electron chi connectivity index (χ0n) is 13.9. The highest BCUT2D eigenvalue weighted by atomic mass is 16.3. The Morgan fingerprint density at radius 1 is 1.00 bits per heavy atom. The molecule has 24 heavy (non-hydrogen) atoms. The van der Waals surface area contributed by atoms with E-state index in [0.29, 0.717) is 25.3 Å². The van der Waals surface area contributed by atoms with E-state index in [1.807, 2.05) is 36.4 Å². The molecule has 0 aliphatic heterocycles. The summed E-state index contributed by atoms with van der Waals surface area (Å²) in [6, 6.07) is 20.3. The summed E-state index contributed by atoms with van der Waals surface area (Å²) in [6.07, 6.45) is 3.06. The Labute approximate surface area is 143 Å². The Morgan fingerprint density at radius 3 is 2.04 bits per heavy atom. The third-order valence-electron chi connectivity index (χ3n) is 4.72. The minimum Gasteiger partial charge on any atom is -0.393 e. The van der Waals surface area contributed by atoms with Crippen LogP contribution in [-0.2, 0) is 4.79 Å². The molecule has 3 nitrogen and oxygen atoms in total. The first-order valence-electron chi connectivity index (χ1n) is 8.78. The van der Waals surface area contributed by atoms with Gasteiger partial charge in [-0.05, 0) is 36.3 Å². The van der Waals surface area contributed by atoms with Crippen LogP contribution in [0.3, 0.4) is 0 Å². The monoisotopic (exact) mass is 323 g/mol. The second kappa shape index (κ2) is 8.11. The zero-order chi connectivity index (χ0) is 16.8. The molecule has 0 aromatic heterocycles. The van der Waals surface area contributed by atoms with Gasteiger partial charge in [0, 0.05) is 18.9 Å². The van der Waals surface area contributed by atoms with Crippen LogP contribution in [0.4, 0.5) is 0 Å². The van der Waals surface area contributed by atoms with E-state index < -0.39 is 0 Å². The highest BCUT2D eigenvalue weighted by Gasteiger charge is 2.29. The van der Waals surface area contributed by atoms with E-state index in [1.54, 1.807) is 0 Å². The van der Waals surface area contributed by atoms with Crippen LogP contribution >= 0.6 is 0 Å². The quantitative estimate of drug-likeness (QED) is 0.781. The van der Waals surface area contributed by atoms with Crippen molar-refractivity contribution < 1.29 is 9.90 Å². The number of carbonyl (C=O) groups is 1. The molecule has 2 N–H and O–H groups in total. The third-order valence-corrected chi connectivity index (χ3v) is 4.72. The van der Waals surface area contributed by atoms with Crippen molar-refractivity contribution in [2.45, 2.75) is 37.7 Å². The number of benzene rings is 2. The fourth-order valence-electron chi connectivity index (χ4n) is 3.13. The molecule has 0 saturated heterocycles. The van der Waals surface area contributed by atoms with Gasteiger partial charge in [0.05, 0.1) is 6.10 Å². The molecule has 3 heteroatoms. The predicted molar refractivity (Wildman–Crippen MR) is 95.7 cm³/mol. The van der Waals surface area contributed by atoms with Gasteiger partial charge in [0.1, 0.15) is 0 Å². The summed E-state index contributed by atoms with van der Waals surface area (Å²) in [4.78, 5) is 12.4. The van der Waals surface area contributed by atoms with Crippen molar-refractivity contribution in [2.24, 2.45) is 5.92 Å². The van der Waals surface area contributed by atoms with E-state index in [4.69, 9.17) is 0 Å². The van der Waals surface area contributed by atoms with Crippen LogP contribution in [0.25, 0.3) is 0 Å². The minimum absolute atomic E-state index is 0.0377. The fourth-order valence-corrected chi connectivity index (χ4v) is 3.13. The van der Waals surface area contributed by atoms with Crippen LogP contribution in [0.1, 0.15) is 42.7 Å². The standard InChI is InChI=1S/C21H25NO2/c23-20(18-11-12-18)13-14-22-21(24)15-19(16-7-3-1-4-8-16)17-9-5-2-6-10-17/h1-10,18-20,23H,11-15H2,(H,22,24). The van der Waals surface area contributed by atoms with Gasteiger partial charge in [-0.2, -0.15) is 0 Å². The van der Waals surface area contributed by atoms with Crippen LogP contribution in [0, 0.1) is 5.92 Å². The lowest BCUT2D eigenvalue weighted by atomic mass is 9.88. The molecule has 1 fully saturated rings. The second-order valence-electron chi connectivity index (χ2n) is 6.62. The van der Waals surface area contributed by atoms with E-state index in [2.05, 4.69) is 29.6 Å². The first-order chi connectivity index (χ1) is 11.7. The van der Waals surface area contributed by atoms with Gasteiger partial charge in [-0.3, -0.25) is 4.79 Å². The van der Waals surface area contributed by atoms with Crippen molar-refractivity contribution in [3.8, 4) is 0 Å². The van der Waals surface area contributed by atoms with E-state index in [1.165, 1.54) is 0 Å². The minimum atomic E-state index is -0.260. The van der Waals surface area contributed by atoms with Gasteiger partial charge in [-0.1, -0.05) is 60.7 Å². The molecule has 1 saturated carbocycles. The summed E-state index contributed by atoms with van der Waals surface area (Å²) < 4.78 is 0. The van der Waals surface area contributed by atoms with E-state index in [0.717, 1.165) is 24.0 Å². The summed E-state index contributed by atoms with van der Waals surface area (Å²) in [5.74, 6) is 0.555. The van der Waals surface area contributed by atoms with Gasteiger partial charge < -0.3 is 10.4 Å². The number of carbonyl (C=O) groups excluding carboxylic acids is 1. The van der Waals surface area contributed by atoms with Gasteiger partial charge in [0.25, 0.3) is 0 Å². The Morgan fingerprint density at radius 2 is 1.54 bits per heavy atom. The molecular weight excluding hydrogens is 298 g/mol. The average molecular weight is 323 g/mol. The lowest BCUT2D eigenvalue weighted by Gasteiger charge is -2.18. The largest absolute Gasteiger partial charge is 0.393 e. The van der Waals surface area contributed by atoms with Gasteiger partial charge in [0.2, 0.25) is 5.91 Å². The van der Waals surface area contributed by atoms with E-state index >= 15 is 0 Å². The van der Waals surface area contributed by atoms with Gasteiger partial charge in [-0.25, -0.2) is 0 Å². The summed E-state index contributed by atoms with van der Waals surface area (Å²) in [6.45, 7) is 0.548. The van der Waals surface area contributed by atoms with Crippen LogP contribution in [0.5, 0.6) is 0 Å². The number of hydrogen-bond acceptors (Lipinski definition) is 2. The van der Waals surface area contributed by atoms with Crippen LogP contribution < -0.4 is 5.32 Å². The smallest absolute Gasteiger partial charge is 0.220 e. The molecular formula is C21H25NO2. The maximum atomic E-state index is 12.4. The topological polar surface area (TPSA) is 49.3 Å². The Bertz CT molecular complexity index is 598. The van der Waals surface area contributed by atoms with E-state index in [-0.39, 0.29) is 17.9 Å². The van der Waals surface area contributed by atoms with Crippen molar-refractivity contribution in [1.82, 2.24) is 5.32 Å². The van der Waals surface area contributed by atoms with Crippen LogP contribution in [0.2, 0.25) is 0 Å². The summed E-state index contributed by atoms with van der Waals surface area (Å²) in [5, 5.41) is 12.9. The Kier molecular flexibility index (Phi) is 5.65. The van der Waals surface area contributed by atoms with Gasteiger partial charge in [-0.15, -0.1) is 0 Å². The molecule has 2 aromatic carbocycles. The van der Waals surface area contributed by atoms with E-state index in [9.17, 15) is 9.90 Å². The number of hydrogen-bond donors (Lipinski definition) is 2. The average Bonchev–Trinajstić information content (AvgIpc) is 3.46. The highest BCUT2D eigenvalue weighted by Crippen LogP contribution is 2.33. The maximum Gasteiger partial charge on any atom is 0.220 e. The Hall–Kier alpha value is -2.13. The molecule has 3 rings (SSSR count). The lowest BCUT2D eigenvalue weighted by molar-refractivity contribution is -0.121. The molecule has 1 amide bonds. The van der Waals surface area contributed by atoms with Crippen molar-refractivity contribution in [1.29, 1.82) is 0 Å². The maximum absolute atomic E-state index is 12.4. The molecule has 126 valence electrons. The molecule has 0 spiro atoms. The summed E-state index contributed by atoms with van der Waals surface area (Å²) in [7, 11) is 0. The molecule has 0 heterocycles. The SMILES string of the molecule is O=C(CC(c1ccccc1)c1ccccc1)NCCC(O)C1CC1. The van der Waals surface area contributed by atoms with Crippen LogP contribution in [-0.4, -0.2) is 23.7 Å². The molecule has 1 atom stereocenters. The van der Waals surface area contributed by atoms with Crippen molar-refractivity contribution >= 4 is 5.91 Å². The van der Waals surface area contributed by atoms with Crippen molar-refractivity contribution in [3.63, 3.8) is 0 Å². The molecule has 0 bridgehead atoms. The second-order valence-corrected chi connectivity index (χ2v) is 6.62. The molecule has 1 aliphatic rings. The predicted octanol–water partition coefficient (Wildman–Crippen LogP) is 3.49. The molecule has 0 radical (unpaired) electrons. The number of amides is 1. The van der Waals surface area contributed by atoms with Gasteiger partial charge >= 0.3 is 0 Å². The molecule has 1 aliphatic carbocycles. The number of aliphatic hydroxyl groups excluding tert-OH is 1. The normalized spacial score (nSPS) is 15.2. The Balaban J connectivity index is 1.60. The number of nitrogens with one attached hydrogen (secondary N) is 1. The number of rotatable bonds is 8. The third kappa shape index (κ3) is 4.68. The molecule has 1 unspecified atom stereocenters. The van der Waals surface area contributed by atoms with Crippen molar-refractivity contribution in [3.05, 3.63) is 71.8 Å². The first-order valence-corrected chi connectivity index (χ1v) is 8.78. The summed E-state index contributed by atoms with van der Waals surface area (Å²) in [5.41, 5.74) is 2.30. The van der Waals surface area contributed by atoms with Crippen LogP contribution in [0.15, 0.2) is 60.7 Å². The first kappa shape index (κ1) is 16.7. The fraction of sp³-hybridized carbons (Fsp3) is 0.381. The van der Waals surface area contributed by atoms with Crippen molar-refractivity contribution in [2.75, 3.05) is 6.54 Å². The number of aliphatic hydroxyl groups is 1. The zero-order valence-corrected chi connectivity index (χ0v) is 13.9. The molecule has 2 aromatic rings. The lowest BCUT2D eigenvalue weighted by Crippen LogP contribution is -2.29. The highest BCUT2D eigenvalue weighted by molar-refractivity contribution is 5.77. The summed E-state index contributed by atoms with van der Waals surface area (Å²) >= 11 is 0.